The average Bonchev–Trinajstić information content (AvgIpc) is 2.40. The van der Waals surface area contributed by atoms with Gasteiger partial charge in [-0.05, 0) is 29.7 Å². The first kappa shape index (κ1) is 15.2. The van der Waals surface area contributed by atoms with E-state index in [2.05, 4.69) is 4.98 Å². The molecule has 21 heavy (non-hydrogen) atoms. The second-order valence-electron chi connectivity index (χ2n) is 4.93. The van der Waals surface area contributed by atoms with Crippen LogP contribution >= 0.6 is 0 Å². The highest BCUT2D eigenvalue weighted by Gasteiger charge is 2.32. The van der Waals surface area contributed by atoms with Crippen molar-refractivity contribution in [1.82, 2.24) is 4.98 Å². The lowest BCUT2D eigenvalue weighted by atomic mass is 10.0. The van der Waals surface area contributed by atoms with Crippen molar-refractivity contribution in [2.45, 2.75) is 25.9 Å². The van der Waals surface area contributed by atoms with Crippen molar-refractivity contribution in [3.63, 3.8) is 0 Å². The number of benzene rings is 1. The molecule has 3 nitrogen and oxygen atoms in total. The van der Waals surface area contributed by atoms with Gasteiger partial charge in [0.25, 0.3) is 0 Å². The van der Waals surface area contributed by atoms with E-state index in [1.807, 2.05) is 26.0 Å². The molecule has 2 rings (SSSR count). The zero-order valence-corrected chi connectivity index (χ0v) is 11.6. The summed E-state index contributed by atoms with van der Waals surface area (Å²) in [5.74, 6) is 0.574. The molecule has 0 aliphatic heterocycles. The van der Waals surface area contributed by atoms with Crippen molar-refractivity contribution >= 4 is 5.82 Å². The van der Waals surface area contributed by atoms with Gasteiger partial charge >= 0.3 is 6.18 Å². The van der Waals surface area contributed by atoms with E-state index < -0.39 is 11.7 Å². The summed E-state index contributed by atoms with van der Waals surface area (Å²) in [7, 11) is 0. The molecule has 6 heteroatoms. The predicted octanol–water partition coefficient (Wildman–Crippen LogP) is 4.60. The fourth-order valence-corrected chi connectivity index (χ4v) is 1.74. The molecule has 1 heterocycles. The fourth-order valence-electron chi connectivity index (χ4n) is 1.74. The number of alkyl halides is 3. The summed E-state index contributed by atoms with van der Waals surface area (Å²) in [6.07, 6.45) is -3.80. The Kier molecular flexibility index (Phi) is 4.06. The van der Waals surface area contributed by atoms with Crippen molar-refractivity contribution < 1.29 is 17.9 Å². The summed E-state index contributed by atoms with van der Waals surface area (Å²) in [5, 5.41) is 0. The summed E-state index contributed by atoms with van der Waals surface area (Å²) in [4.78, 5) is 3.52. The summed E-state index contributed by atoms with van der Waals surface area (Å²) in [5.41, 5.74) is 5.77. The van der Waals surface area contributed by atoms with Crippen LogP contribution in [0, 0.1) is 0 Å². The number of nitrogens with zero attached hydrogens (tertiary/aromatic N) is 1. The quantitative estimate of drug-likeness (QED) is 0.900. The van der Waals surface area contributed by atoms with Gasteiger partial charge < -0.3 is 10.5 Å². The molecule has 1 aromatic carbocycles. The monoisotopic (exact) mass is 296 g/mol. The van der Waals surface area contributed by atoms with Crippen LogP contribution in [0.5, 0.6) is 11.5 Å². The number of hydrogen-bond donors (Lipinski definition) is 1. The molecular weight excluding hydrogens is 281 g/mol. The van der Waals surface area contributed by atoms with Gasteiger partial charge in [0.15, 0.2) is 11.6 Å². The van der Waals surface area contributed by atoms with Crippen molar-refractivity contribution in [3.05, 3.63) is 47.7 Å². The molecule has 0 saturated heterocycles. The Labute approximate surface area is 120 Å². The van der Waals surface area contributed by atoms with E-state index in [1.165, 1.54) is 0 Å². The van der Waals surface area contributed by atoms with E-state index >= 15 is 0 Å². The molecule has 0 amide bonds. The van der Waals surface area contributed by atoms with Gasteiger partial charge in [0.1, 0.15) is 5.75 Å². The molecule has 0 saturated carbocycles. The molecule has 112 valence electrons. The van der Waals surface area contributed by atoms with Crippen molar-refractivity contribution in [1.29, 1.82) is 0 Å². The van der Waals surface area contributed by atoms with Crippen LogP contribution in [0.25, 0.3) is 0 Å². The van der Waals surface area contributed by atoms with Crippen molar-refractivity contribution in [2.75, 3.05) is 5.73 Å². The Morgan fingerprint density at radius 2 is 1.76 bits per heavy atom. The molecule has 0 bridgehead atoms. The van der Waals surface area contributed by atoms with E-state index in [0.717, 1.165) is 11.6 Å². The Hall–Kier alpha value is -2.24. The minimum absolute atomic E-state index is 0.0871. The fraction of sp³-hybridized carbons (Fsp3) is 0.267. The van der Waals surface area contributed by atoms with Gasteiger partial charge in [-0.15, -0.1) is 0 Å². The lowest BCUT2D eigenvalue weighted by molar-refractivity contribution is -0.137. The zero-order valence-electron chi connectivity index (χ0n) is 11.6. The summed E-state index contributed by atoms with van der Waals surface area (Å²) in [6, 6.07) is 7.94. The SMILES string of the molecule is CC(C)c1ccc(Oc2cc(C(F)(F)F)cnc2N)cc1. The van der Waals surface area contributed by atoms with Crippen molar-refractivity contribution in [3.8, 4) is 11.5 Å². The normalized spacial score (nSPS) is 11.7. The van der Waals surface area contributed by atoms with Crippen LogP contribution in [0.3, 0.4) is 0 Å². The highest BCUT2D eigenvalue weighted by Crippen LogP contribution is 2.34. The topological polar surface area (TPSA) is 48.1 Å². The van der Waals surface area contributed by atoms with Crippen LogP contribution in [0.4, 0.5) is 19.0 Å². The minimum Gasteiger partial charge on any atom is -0.453 e. The molecule has 0 fully saturated rings. The third kappa shape index (κ3) is 3.65. The van der Waals surface area contributed by atoms with Crippen LogP contribution in [0.2, 0.25) is 0 Å². The second-order valence-corrected chi connectivity index (χ2v) is 4.93. The van der Waals surface area contributed by atoms with Crippen LogP contribution in [-0.2, 0) is 6.18 Å². The first-order valence-corrected chi connectivity index (χ1v) is 6.38. The molecule has 0 radical (unpaired) electrons. The number of nitrogen functional groups attached to an aromatic ring is 1. The van der Waals surface area contributed by atoms with Gasteiger partial charge in [0.05, 0.1) is 5.56 Å². The van der Waals surface area contributed by atoms with E-state index in [4.69, 9.17) is 10.5 Å². The maximum Gasteiger partial charge on any atom is 0.418 e. The molecule has 2 N–H and O–H groups in total. The van der Waals surface area contributed by atoms with Gasteiger partial charge in [-0.1, -0.05) is 26.0 Å². The summed E-state index contributed by atoms with van der Waals surface area (Å²) >= 11 is 0. The van der Waals surface area contributed by atoms with Crippen LogP contribution < -0.4 is 10.5 Å². The predicted molar refractivity (Wildman–Crippen MR) is 74.3 cm³/mol. The number of anilines is 1. The van der Waals surface area contributed by atoms with E-state index in [0.29, 0.717) is 17.9 Å². The maximum atomic E-state index is 12.6. The number of rotatable bonds is 3. The van der Waals surface area contributed by atoms with Gasteiger partial charge in [0.2, 0.25) is 0 Å². The number of halogens is 3. The second kappa shape index (κ2) is 5.63. The molecular formula is C15H15F3N2O. The molecule has 0 atom stereocenters. The molecule has 0 spiro atoms. The molecule has 2 aromatic rings. The lowest BCUT2D eigenvalue weighted by Gasteiger charge is -2.12. The summed E-state index contributed by atoms with van der Waals surface area (Å²) in [6.45, 7) is 4.09. The average molecular weight is 296 g/mol. The van der Waals surface area contributed by atoms with E-state index in [1.54, 1.807) is 12.1 Å². The third-order valence-electron chi connectivity index (χ3n) is 2.98. The van der Waals surface area contributed by atoms with Crippen molar-refractivity contribution in [2.24, 2.45) is 0 Å². The van der Waals surface area contributed by atoms with Crippen LogP contribution in [-0.4, -0.2) is 4.98 Å². The number of aromatic nitrogens is 1. The first-order valence-electron chi connectivity index (χ1n) is 6.38. The van der Waals surface area contributed by atoms with Gasteiger partial charge in [0, 0.05) is 6.20 Å². The molecule has 0 unspecified atom stereocenters. The van der Waals surface area contributed by atoms with Gasteiger partial charge in [-0.2, -0.15) is 13.2 Å². The zero-order chi connectivity index (χ0) is 15.6. The molecule has 1 aromatic heterocycles. The Morgan fingerprint density at radius 3 is 2.29 bits per heavy atom. The molecule has 0 aliphatic carbocycles. The Bertz CT molecular complexity index is 622. The van der Waals surface area contributed by atoms with E-state index in [9.17, 15) is 13.2 Å². The van der Waals surface area contributed by atoms with Gasteiger partial charge in [-0.3, -0.25) is 0 Å². The van der Waals surface area contributed by atoms with Crippen LogP contribution in [0.1, 0.15) is 30.9 Å². The lowest BCUT2D eigenvalue weighted by Crippen LogP contribution is -2.07. The third-order valence-corrected chi connectivity index (χ3v) is 2.98. The number of pyridine rings is 1. The van der Waals surface area contributed by atoms with E-state index in [-0.39, 0.29) is 11.6 Å². The summed E-state index contributed by atoms with van der Waals surface area (Å²) < 4.78 is 43.3. The highest BCUT2D eigenvalue weighted by atomic mass is 19.4. The number of hydrogen-bond acceptors (Lipinski definition) is 3. The Balaban J connectivity index is 2.26. The van der Waals surface area contributed by atoms with Crippen LogP contribution in [0.15, 0.2) is 36.5 Å². The smallest absolute Gasteiger partial charge is 0.418 e. The maximum absolute atomic E-state index is 12.6. The minimum atomic E-state index is -4.49. The van der Waals surface area contributed by atoms with Gasteiger partial charge in [-0.25, -0.2) is 4.98 Å². The largest absolute Gasteiger partial charge is 0.453 e. The first-order chi connectivity index (χ1) is 9.77. The number of ether oxygens (including phenoxy) is 1. The standard InChI is InChI=1S/C15H15F3N2O/c1-9(2)10-3-5-12(6-4-10)21-13-7-11(15(16,17)18)8-20-14(13)19/h3-9H,1-2H3,(H2,19,20). The molecule has 0 aliphatic rings. The Morgan fingerprint density at radius 1 is 1.14 bits per heavy atom. The number of nitrogens with two attached hydrogens (primary N) is 1. The highest BCUT2D eigenvalue weighted by molar-refractivity contribution is 5.49.